The number of hydrogen-bond acceptors (Lipinski definition) is 3. The molecule has 0 fully saturated rings. The number of amides is 1. The Labute approximate surface area is 155 Å². The molecule has 0 unspecified atom stereocenters. The van der Waals surface area contributed by atoms with Crippen molar-refractivity contribution in [1.29, 1.82) is 0 Å². The van der Waals surface area contributed by atoms with Crippen LogP contribution in [0.5, 0.6) is 5.75 Å². The van der Waals surface area contributed by atoms with E-state index in [0.29, 0.717) is 18.7 Å². The van der Waals surface area contributed by atoms with E-state index >= 15 is 0 Å². The minimum absolute atomic E-state index is 0.00558. The molecule has 0 aromatic heterocycles. The quantitative estimate of drug-likeness (QED) is 0.544. The van der Waals surface area contributed by atoms with Gasteiger partial charge in [0, 0.05) is 24.9 Å². The molecule has 0 aliphatic heterocycles. The third-order valence-corrected chi connectivity index (χ3v) is 4.31. The van der Waals surface area contributed by atoms with Crippen molar-refractivity contribution in [2.24, 2.45) is 0 Å². The van der Waals surface area contributed by atoms with Gasteiger partial charge in [-0.05, 0) is 62.1 Å². The van der Waals surface area contributed by atoms with Gasteiger partial charge in [-0.25, -0.2) is 0 Å². The smallest absolute Gasteiger partial charge is 0.220 e. The number of aryl methyl sites for hydroxylation is 3. The highest BCUT2D eigenvalue weighted by molar-refractivity contribution is 5.98. The first-order valence-corrected chi connectivity index (χ1v) is 9.02. The Hall–Kier alpha value is -2.62. The molecule has 0 saturated carbocycles. The lowest BCUT2D eigenvalue weighted by Gasteiger charge is -2.08. The average Bonchev–Trinajstić information content (AvgIpc) is 2.61. The molecular formula is C22H27NO3. The fourth-order valence-electron chi connectivity index (χ4n) is 2.57. The molecule has 0 spiro atoms. The number of hydrogen-bond donors (Lipinski definition) is 1. The first-order chi connectivity index (χ1) is 12.5. The molecule has 4 heteroatoms. The fourth-order valence-corrected chi connectivity index (χ4v) is 2.57. The molecule has 2 rings (SSSR count). The molecule has 2 aromatic rings. The lowest BCUT2D eigenvalue weighted by Crippen LogP contribution is -2.26. The van der Waals surface area contributed by atoms with E-state index in [-0.39, 0.29) is 24.5 Å². The molecule has 0 radical (unpaired) electrons. The molecule has 4 nitrogen and oxygen atoms in total. The summed E-state index contributed by atoms with van der Waals surface area (Å²) in [5.74, 6) is 0.749. The number of ketones is 1. The SMILES string of the molecule is Cc1cccc(OCCCNC(=O)CCC(=O)c2ccc(C)c(C)c2)c1. The van der Waals surface area contributed by atoms with Gasteiger partial charge in [0.25, 0.3) is 0 Å². The third kappa shape index (κ3) is 6.36. The summed E-state index contributed by atoms with van der Waals surface area (Å²) in [5, 5.41) is 2.84. The van der Waals surface area contributed by atoms with Crippen LogP contribution in [0.4, 0.5) is 0 Å². The van der Waals surface area contributed by atoms with Crippen LogP contribution in [0.25, 0.3) is 0 Å². The number of rotatable bonds is 9. The minimum Gasteiger partial charge on any atom is -0.494 e. The van der Waals surface area contributed by atoms with Crippen LogP contribution < -0.4 is 10.1 Å². The zero-order valence-corrected chi connectivity index (χ0v) is 15.8. The molecule has 0 saturated heterocycles. The van der Waals surface area contributed by atoms with Gasteiger partial charge in [-0.1, -0.05) is 24.3 Å². The Morgan fingerprint density at radius 3 is 2.50 bits per heavy atom. The summed E-state index contributed by atoms with van der Waals surface area (Å²) in [6, 6.07) is 13.5. The third-order valence-electron chi connectivity index (χ3n) is 4.31. The van der Waals surface area contributed by atoms with Gasteiger partial charge in [0.05, 0.1) is 6.61 Å². The molecule has 138 valence electrons. The summed E-state index contributed by atoms with van der Waals surface area (Å²) in [6.45, 7) is 7.11. The van der Waals surface area contributed by atoms with Crippen LogP contribution >= 0.6 is 0 Å². The maximum absolute atomic E-state index is 12.2. The molecule has 26 heavy (non-hydrogen) atoms. The maximum atomic E-state index is 12.2. The summed E-state index contributed by atoms with van der Waals surface area (Å²) in [6.07, 6.45) is 1.17. The monoisotopic (exact) mass is 353 g/mol. The van der Waals surface area contributed by atoms with Crippen molar-refractivity contribution < 1.29 is 14.3 Å². The van der Waals surface area contributed by atoms with Crippen LogP contribution in [0.3, 0.4) is 0 Å². The molecule has 0 aliphatic carbocycles. The minimum atomic E-state index is -0.0993. The Morgan fingerprint density at radius 1 is 0.962 bits per heavy atom. The van der Waals surface area contributed by atoms with E-state index in [1.54, 1.807) is 0 Å². The van der Waals surface area contributed by atoms with E-state index in [1.807, 2.05) is 63.2 Å². The summed E-state index contributed by atoms with van der Waals surface area (Å²) < 4.78 is 5.64. The average molecular weight is 353 g/mol. The van der Waals surface area contributed by atoms with Crippen LogP contribution in [-0.2, 0) is 4.79 Å². The van der Waals surface area contributed by atoms with Gasteiger partial charge in [-0.2, -0.15) is 0 Å². The highest BCUT2D eigenvalue weighted by Gasteiger charge is 2.10. The van der Waals surface area contributed by atoms with Crippen LogP contribution in [-0.4, -0.2) is 24.8 Å². The number of ether oxygens (including phenoxy) is 1. The number of benzene rings is 2. The van der Waals surface area contributed by atoms with Crippen molar-refractivity contribution in [3.05, 3.63) is 64.7 Å². The van der Waals surface area contributed by atoms with Gasteiger partial charge in [0.15, 0.2) is 5.78 Å². The Morgan fingerprint density at radius 2 is 1.77 bits per heavy atom. The van der Waals surface area contributed by atoms with Crippen molar-refractivity contribution in [2.45, 2.75) is 40.0 Å². The van der Waals surface area contributed by atoms with E-state index in [0.717, 1.165) is 28.9 Å². The fraction of sp³-hybridized carbons (Fsp3) is 0.364. The summed E-state index contributed by atoms with van der Waals surface area (Å²) in [4.78, 5) is 24.0. The normalized spacial score (nSPS) is 10.4. The second-order valence-corrected chi connectivity index (χ2v) is 6.59. The predicted octanol–water partition coefficient (Wildman–Crippen LogP) is 4.16. The highest BCUT2D eigenvalue weighted by atomic mass is 16.5. The molecule has 0 atom stereocenters. The number of carbonyl (C=O) groups excluding carboxylic acids is 2. The van der Waals surface area contributed by atoms with Crippen LogP contribution in [0, 0.1) is 20.8 Å². The standard InChI is InChI=1S/C22H27NO3/c1-16-6-4-7-20(14-16)26-13-5-12-23-22(25)11-10-21(24)19-9-8-17(2)18(3)15-19/h4,6-9,14-15H,5,10-13H2,1-3H3,(H,23,25). The van der Waals surface area contributed by atoms with Gasteiger partial charge < -0.3 is 10.1 Å². The number of nitrogens with one attached hydrogen (secondary N) is 1. The molecule has 0 aliphatic rings. The van der Waals surface area contributed by atoms with Gasteiger partial charge in [0.2, 0.25) is 5.91 Å². The summed E-state index contributed by atoms with van der Waals surface area (Å²) >= 11 is 0. The second kappa shape index (κ2) is 9.76. The van der Waals surface area contributed by atoms with Gasteiger partial charge in [0.1, 0.15) is 5.75 Å². The van der Waals surface area contributed by atoms with Crippen LogP contribution in [0.2, 0.25) is 0 Å². The molecule has 0 bridgehead atoms. The molecular weight excluding hydrogens is 326 g/mol. The van der Waals surface area contributed by atoms with Gasteiger partial charge in [-0.15, -0.1) is 0 Å². The van der Waals surface area contributed by atoms with E-state index in [9.17, 15) is 9.59 Å². The highest BCUT2D eigenvalue weighted by Crippen LogP contribution is 2.13. The second-order valence-electron chi connectivity index (χ2n) is 6.59. The molecule has 2 aromatic carbocycles. The molecule has 0 heterocycles. The lowest BCUT2D eigenvalue weighted by atomic mass is 10.0. The Balaban J connectivity index is 1.62. The zero-order chi connectivity index (χ0) is 18.9. The van der Waals surface area contributed by atoms with E-state index in [2.05, 4.69) is 5.32 Å². The predicted molar refractivity (Wildman–Crippen MR) is 104 cm³/mol. The van der Waals surface area contributed by atoms with Crippen LogP contribution in [0.1, 0.15) is 46.3 Å². The zero-order valence-electron chi connectivity index (χ0n) is 15.8. The van der Waals surface area contributed by atoms with E-state index < -0.39 is 0 Å². The lowest BCUT2D eigenvalue weighted by molar-refractivity contribution is -0.121. The van der Waals surface area contributed by atoms with Crippen molar-refractivity contribution in [3.63, 3.8) is 0 Å². The number of Topliss-reactive ketones (excluding diaryl/α,β-unsaturated/α-hetero) is 1. The summed E-state index contributed by atoms with van der Waals surface area (Å²) in [7, 11) is 0. The van der Waals surface area contributed by atoms with Crippen LogP contribution in [0.15, 0.2) is 42.5 Å². The largest absolute Gasteiger partial charge is 0.494 e. The van der Waals surface area contributed by atoms with Crippen molar-refractivity contribution in [2.75, 3.05) is 13.2 Å². The first-order valence-electron chi connectivity index (χ1n) is 9.02. The Bertz CT molecular complexity index is 768. The Kier molecular flexibility index (Phi) is 7.39. The van der Waals surface area contributed by atoms with Gasteiger partial charge in [-0.3, -0.25) is 9.59 Å². The number of carbonyl (C=O) groups is 2. The summed E-state index contributed by atoms with van der Waals surface area (Å²) in [5.41, 5.74) is 4.08. The molecule has 1 amide bonds. The van der Waals surface area contributed by atoms with Crippen molar-refractivity contribution >= 4 is 11.7 Å². The van der Waals surface area contributed by atoms with Gasteiger partial charge >= 0.3 is 0 Å². The van der Waals surface area contributed by atoms with E-state index in [4.69, 9.17) is 4.74 Å². The van der Waals surface area contributed by atoms with Crippen molar-refractivity contribution in [3.8, 4) is 5.75 Å². The molecule has 1 N–H and O–H groups in total. The maximum Gasteiger partial charge on any atom is 0.220 e. The van der Waals surface area contributed by atoms with E-state index in [1.165, 1.54) is 0 Å². The topological polar surface area (TPSA) is 55.4 Å². The first kappa shape index (κ1) is 19.7. The van der Waals surface area contributed by atoms with Crippen molar-refractivity contribution in [1.82, 2.24) is 5.32 Å².